The van der Waals surface area contributed by atoms with Crippen molar-refractivity contribution in [1.29, 1.82) is 0 Å². The molecule has 1 amide bonds. The first-order valence-corrected chi connectivity index (χ1v) is 9.19. The van der Waals surface area contributed by atoms with Crippen molar-refractivity contribution < 1.29 is 22.7 Å². The molecule has 0 radical (unpaired) electrons. The number of nitrogens with one attached hydrogen (secondary N) is 1. The summed E-state index contributed by atoms with van der Waals surface area (Å²) in [5.74, 6) is -0.458. The Morgan fingerprint density at radius 2 is 1.93 bits per heavy atom. The topological polar surface area (TPSA) is 54.5 Å². The highest BCUT2D eigenvalue weighted by Gasteiger charge is 2.38. The van der Waals surface area contributed by atoms with Crippen LogP contribution in [-0.2, 0) is 6.54 Å². The van der Waals surface area contributed by atoms with E-state index in [4.69, 9.17) is 0 Å². The number of fused-ring (bicyclic) bond motifs is 1. The maximum atomic E-state index is 12.8. The number of carbonyl (C=O) groups is 1. The monoisotopic (exact) mass is 405 g/mol. The Labute approximate surface area is 162 Å². The lowest BCUT2D eigenvalue weighted by Gasteiger charge is -2.26. The summed E-state index contributed by atoms with van der Waals surface area (Å²) < 4.78 is 40.8. The van der Waals surface area contributed by atoms with Crippen LogP contribution in [0.25, 0.3) is 0 Å². The number of benzene rings is 1. The number of hydrogen-bond donors (Lipinski definition) is 1. The molecule has 0 saturated heterocycles. The lowest BCUT2D eigenvalue weighted by atomic mass is 10.2. The third kappa shape index (κ3) is 3.79. The van der Waals surface area contributed by atoms with Crippen molar-refractivity contribution >= 4 is 22.9 Å². The highest BCUT2D eigenvalue weighted by molar-refractivity contribution is 7.09. The van der Waals surface area contributed by atoms with Crippen molar-refractivity contribution in [2.45, 2.75) is 19.1 Å². The SMILES string of the molecule is O=C1c2cccnc2[C@H](Nc2ccc(OC(F)(F)F)cc2)N1Cc1cccs1. The predicted octanol–water partition coefficient (Wildman–Crippen LogP) is 4.81. The Balaban J connectivity index is 1.59. The summed E-state index contributed by atoms with van der Waals surface area (Å²) in [5, 5.41) is 5.12. The van der Waals surface area contributed by atoms with E-state index in [1.54, 1.807) is 34.6 Å². The average Bonchev–Trinajstić information content (AvgIpc) is 3.25. The van der Waals surface area contributed by atoms with Gasteiger partial charge in [0.1, 0.15) is 11.9 Å². The van der Waals surface area contributed by atoms with E-state index in [2.05, 4.69) is 15.0 Å². The Bertz CT molecular complexity index is 975. The second-order valence-electron chi connectivity index (χ2n) is 6.07. The fourth-order valence-corrected chi connectivity index (χ4v) is 3.73. The number of hydrogen-bond acceptors (Lipinski definition) is 5. The third-order valence-corrected chi connectivity index (χ3v) is 5.06. The quantitative estimate of drug-likeness (QED) is 0.662. The summed E-state index contributed by atoms with van der Waals surface area (Å²) in [5.41, 5.74) is 1.63. The number of amides is 1. The maximum Gasteiger partial charge on any atom is 0.573 e. The van der Waals surface area contributed by atoms with Gasteiger partial charge in [0.05, 0.1) is 17.8 Å². The van der Waals surface area contributed by atoms with Gasteiger partial charge in [-0.05, 0) is 47.8 Å². The Hall–Kier alpha value is -3.07. The van der Waals surface area contributed by atoms with E-state index in [9.17, 15) is 18.0 Å². The number of halogens is 3. The highest BCUT2D eigenvalue weighted by Crippen LogP contribution is 2.35. The molecule has 1 aliphatic heterocycles. The molecule has 0 fully saturated rings. The van der Waals surface area contributed by atoms with Gasteiger partial charge in [-0.1, -0.05) is 6.07 Å². The van der Waals surface area contributed by atoms with E-state index in [0.717, 1.165) is 4.88 Å². The van der Waals surface area contributed by atoms with Crippen molar-refractivity contribution in [3.63, 3.8) is 0 Å². The van der Waals surface area contributed by atoms with Gasteiger partial charge in [0, 0.05) is 16.8 Å². The summed E-state index contributed by atoms with van der Waals surface area (Å²) in [6, 6.07) is 12.6. The molecule has 5 nitrogen and oxygen atoms in total. The van der Waals surface area contributed by atoms with Crippen LogP contribution in [0.3, 0.4) is 0 Å². The minimum absolute atomic E-state index is 0.147. The molecular weight excluding hydrogens is 391 g/mol. The van der Waals surface area contributed by atoms with Crippen LogP contribution < -0.4 is 10.1 Å². The first kappa shape index (κ1) is 18.3. The smallest absolute Gasteiger partial charge is 0.406 e. The minimum Gasteiger partial charge on any atom is -0.406 e. The van der Waals surface area contributed by atoms with E-state index >= 15 is 0 Å². The molecule has 1 aromatic carbocycles. The van der Waals surface area contributed by atoms with Gasteiger partial charge < -0.3 is 15.0 Å². The first-order valence-electron chi connectivity index (χ1n) is 8.31. The Morgan fingerprint density at radius 1 is 1.14 bits per heavy atom. The first-order chi connectivity index (χ1) is 13.4. The summed E-state index contributed by atoms with van der Waals surface area (Å²) in [6.45, 7) is 0.403. The van der Waals surface area contributed by atoms with Gasteiger partial charge in [-0.2, -0.15) is 0 Å². The van der Waals surface area contributed by atoms with E-state index in [1.807, 2.05) is 17.5 Å². The molecule has 0 bridgehead atoms. The number of alkyl halides is 3. The van der Waals surface area contributed by atoms with Gasteiger partial charge in [-0.3, -0.25) is 9.78 Å². The Kier molecular flexibility index (Phi) is 4.68. The van der Waals surface area contributed by atoms with Crippen molar-refractivity contribution in [3.8, 4) is 5.75 Å². The summed E-state index contributed by atoms with van der Waals surface area (Å²) >= 11 is 1.54. The largest absolute Gasteiger partial charge is 0.573 e. The number of pyridine rings is 1. The molecule has 4 rings (SSSR count). The standard InChI is InChI=1S/C19H14F3N3O2S/c20-19(21,22)27-13-7-5-12(6-8-13)24-17-16-15(4-1-9-23-16)18(26)25(17)11-14-3-2-10-28-14/h1-10,17,24H,11H2/t17-/m1/s1. The lowest BCUT2D eigenvalue weighted by molar-refractivity contribution is -0.274. The normalized spacial score (nSPS) is 16.2. The van der Waals surface area contributed by atoms with Gasteiger partial charge in [0.15, 0.2) is 0 Å². The van der Waals surface area contributed by atoms with E-state index in [1.165, 1.54) is 24.3 Å². The zero-order valence-electron chi connectivity index (χ0n) is 14.3. The Morgan fingerprint density at radius 3 is 2.61 bits per heavy atom. The van der Waals surface area contributed by atoms with Crippen LogP contribution in [0.5, 0.6) is 5.75 Å². The van der Waals surface area contributed by atoms with Crippen LogP contribution in [0.4, 0.5) is 18.9 Å². The lowest BCUT2D eigenvalue weighted by Crippen LogP contribution is -2.31. The second kappa shape index (κ2) is 7.16. The van der Waals surface area contributed by atoms with Crippen molar-refractivity contribution in [1.82, 2.24) is 9.88 Å². The molecule has 0 aliphatic carbocycles. The molecule has 3 heterocycles. The van der Waals surface area contributed by atoms with Crippen molar-refractivity contribution in [2.75, 3.05) is 5.32 Å². The molecule has 2 aromatic heterocycles. The molecule has 0 unspecified atom stereocenters. The van der Waals surface area contributed by atoms with Gasteiger partial charge >= 0.3 is 6.36 Å². The summed E-state index contributed by atoms with van der Waals surface area (Å²) in [4.78, 5) is 19.8. The predicted molar refractivity (Wildman–Crippen MR) is 97.9 cm³/mol. The fourth-order valence-electron chi connectivity index (χ4n) is 3.03. The molecule has 0 saturated carbocycles. The minimum atomic E-state index is -4.74. The van der Waals surface area contributed by atoms with Crippen LogP contribution in [0, 0.1) is 0 Å². The molecule has 28 heavy (non-hydrogen) atoms. The van der Waals surface area contributed by atoms with Gasteiger partial charge in [-0.25, -0.2) is 0 Å². The number of aromatic nitrogens is 1. The number of rotatable bonds is 5. The van der Waals surface area contributed by atoms with Gasteiger partial charge in [-0.15, -0.1) is 24.5 Å². The van der Waals surface area contributed by atoms with E-state index in [0.29, 0.717) is 23.5 Å². The number of carbonyl (C=O) groups excluding carboxylic acids is 1. The molecule has 1 aliphatic rings. The van der Waals surface area contributed by atoms with Gasteiger partial charge in [0.2, 0.25) is 0 Å². The zero-order chi connectivity index (χ0) is 19.7. The number of ether oxygens (including phenoxy) is 1. The van der Waals surface area contributed by atoms with Crippen LogP contribution in [0.2, 0.25) is 0 Å². The molecular formula is C19H14F3N3O2S. The third-order valence-electron chi connectivity index (χ3n) is 4.20. The number of thiophene rings is 1. The van der Waals surface area contributed by atoms with Gasteiger partial charge in [0.25, 0.3) is 5.91 Å². The van der Waals surface area contributed by atoms with Crippen LogP contribution in [-0.4, -0.2) is 22.2 Å². The molecule has 9 heteroatoms. The number of nitrogens with zero attached hydrogens (tertiary/aromatic N) is 2. The zero-order valence-corrected chi connectivity index (χ0v) is 15.1. The summed E-state index contributed by atoms with van der Waals surface area (Å²) in [7, 11) is 0. The molecule has 1 N–H and O–H groups in total. The average molecular weight is 405 g/mol. The molecule has 144 valence electrons. The second-order valence-corrected chi connectivity index (χ2v) is 7.10. The van der Waals surface area contributed by atoms with Crippen LogP contribution in [0.15, 0.2) is 60.1 Å². The van der Waals surface area contributed by atoms with E-state index < -0.39 is 12.5 Å². The highest BCUT2D eigenvalue weighted by atomic mass is 32.1. The van der Waals surface area contributed by atoms with Crippen LogP contribution >= 0.6 is 11.3 Å². The fraction of sp³-hybridized carbons (Fsp3) is 0.158. The molecule has 3 aromatic rings. The maximum absolute atomic E-state index is 12.8. The molecule has 0 spiro atoms. The van der Waals surface area contributed by atoms with Crippen molar-refractivity contribution in [3.05, 3.63) is 76.2 Å². The number of anilines is 1. The van der Waals surface area contributed by atoms with E-state index in [-0.39, 0.29) is 11.7 Å². The molecule has 1 atom stereocenters. The van der Waals surface area contributed by atoms with Crippen LogP contribution in [0.1, 0.15) is 27.1 Å². The van der Waals surface area contributed by atoms with Crippen molar-refractivity contribution in [2.24, 2.45) is 0 Å². The summed E-state index contributed by atoms with van der Waals surface area (Å²) in [6.07, 6.45) is -3.66.